The van der Waals surface area contributed by atoms with Crippen LogP contribution in [-0.2, 0) is 9.59 Å². The number of amides is 2. The fraction of sp³-hybridized carbons (Fsp3) is 0.176. The van der Waals surface area contributed by atoms with Crippen LogP contribution in [0.25, 0.3) is 0 Å². The number of carbonyl (C=O) groups is 2. The summed E-state index contributed by atoms with van der Waals surface area (Å²) in [7, 11) is 0. The second-order valence-corrected chi connectivity index (χ2v) is 5.08. The molecule has 106 valence electrons. The number of fused-ring (bicyclic) bond motifs is 1. The Balaban J connectivity index is 2.15. The molecule has 0 unspecified atom stereocenters. The Morgan fingerprint density at radius 3 is 2.48 bits per heavy atom. The molecule has 1 atom stereocenters. The number of benzene rings is 2. The molecule has 0 spiro atoms. The van der Waals surface area contributed by atoms with Crippen molar-refractivity contribution in [2.45, 2.75) is 19.4 Å². The van der Waals surface area contributed by atoms with Gasteiger partial charge in [-0.05, 0) is 17.7 Å². The lowest BCUT2D eigenvalue weighted by atomic mass is 10.0. The first-order chi connectivity index (χ1) is 10.2. The SMILES string of the molecule is CC(=O)N1c2ccccc2NC(=O)C[C@@H]1c1ccccc1. The van der Waals surface area contributed by atoms with E-state index in [9.17, 15) is 9.59 Å². The van der Waals surface area contributed by atoms with E-state index in [2.05, 4.69) is 5.32 Å². The number of hydrogen-bond acceptors (Lipinski definition) is 2. The summed E-state index contributed by atoms with van der Waals surface area (Å²) >= 11 is 0. The third-order valence-corrected chi connectivity index (χ3v) is 3.65. The number of anilines is 2. The van der Waals surface area contributed by atoms with Gasteiger partial charge in [-0.3, -0.25) is 9.59 Å². The third-order valence-electron chi connectivity index (χ3n) is 3.65. The van der Waals surface area contributed by atoms with Crippen LogP contribution in [0.4, 0.5) is 11.4 Å². The van der Waals surface area contributed by atoms with Gasteiger partial charge in [-0.2, -0.15) is 0 Å². The Hall–Kier alpha value is -2.62. The van der Waals surface area contributed by atoms with Gasteiger partial charge in [0, 0.05) is 6.92 Å². The van der Waals surface area contributed by atoms with E-state index < -0.39 is 0 Å². The lowest BCUT2D eigenvalue weighted by molar-refractivity contribution is -0.118. The zero-order valence-corrected chi connectivity index (χ0v) is 11.7. The molecular weight excluding hydrogens is 264 g/mol. The summed E-state index contributed by atoms with van der Waals surface area (Å²) in [6.45, 7) is 1.53. The van der Waals surface area contributed by atoms with Gasteiger partial charge in [-0.25, -0.2) is 0 Å². The Bertz CT molecular complexity index is 682. The van der Waals surface area contributed by atoms with Crippen LogP contribution >= 0.6 is 0 Å². The molecule has 21 heavy (non-hydrogen) atoms. The van der Waals surface area contributed by atoms with E-state index in [1.807, 2.05) is 54.6 Å². The average molecular weight is 280 g/mol. The zero-order chi connectivity index (χ0) is 14.8. The van der Waals surface area contributed by atoms with Crippen molar-refractivity contribution in [3.63, 3.8) is 0 Å². The van der Waals surface area contributed by atoms with Gasteiger partial charge in [-0.1, -0.05) is 42.5 Å². The average Bonchev–Trinajstić information content (AvgIpc) is 2.63. The molecule has 2 aromatic carbocycles. The number of hydrogen-bond donors (Lipinski definition) is 1. The van der Waals surface area contributed by atoms with Crippen LogP contribution < -0.4 is 10.2 Å². The largest absolute Gasteiger partial charge is 0.324 e. The Morgan fingerprint density at radius 2 is 1.76 bits per heavy atom. The minimum atomic E-state index is -0.285. The molecule has 4 nitrogen and oxygen atoms in total. The van der Waals surface area contributed by atoms with Crippen LogP contribution in [-0.4, -0.2) is 11.8 Å². The fourth-order valence-electron chi connectivity index (χ4n) is 2.76. The molecule has 1 aliphatic heterocycles. The molecule has 1 aliphatic rings. The quantitative estimate of drug-likeness (QED) is 0.872. The first kappa shape index (κ1) is 13.4. The molecule has 1 heterocycles. The molecule has 0 bridgehead atoms. The highest BCUT2D eigenvalue weighted by molar-refractivity contribution is 6.03. The lowest BCUT2D eigenvalue weighted by Gasteiger charge is -2.29. The van der Waals surface area contributed by atoms with Gasteiger partial charge >= 0.3 is 0 Å². The Kier molecular flexibility index (Phi) is 3.44. The molecule has 0 saturated carbocycles. The molecular formula is C17H16N2O2. The molecule has 2 aromatic rings. The van der Waals surface area contributed by atoms with E-state index in [0.717, 1.165) is 11.3 Å². The summed E-state index contributed by atoms with van der Waals surface area (Å²) in [6.07, 6.45) is 0.248. The smallest absolute Gasteiger partial charge is 0.226 e. The highest BCUT2D eigenvalue weighted by atomic mass is 16.2. The maximum Gasteiger partial charge on any atom is 0.226 e. The highest BCUT2D eigenvalue weighted by Gasteiger charge is 2.31. The van der Waals surface area contributed by atoms with E-state index in [1.165, 1.54) is 6.92 Å². The Morgan fingerprint density at radius 1 is 1.10 bits per heavy atom. The lowest BCUT2D eigenvalue weighted by Crippen LogP contribution is -2.33. The Labute approximate surface area is 123 Å². The second kappa shape index (κ2) is 5.40. The van der Waals surface area contributed by atoms with Crippen LogP contribution in [0.5, 0.6) is 0 Å². The van der Waals surface area contributed by atoms with E-state index >= 15 is 0 Å². The molecule has 0 aliphatic carbocycles. The van der Waals surface area contributed by atoms with Crippen molar-refractivity contribution in [1.29, 1.82) is 0 Å². The predicted molar refractivity (Wildman–Crippen MR) is 82.0 cm³/mol. The van der Waals surface area contributed by atoms with Gasteiger partial charge in [0.15, 0.2) is 0 Å². The van der Waals surface area contributed by atoms with Crippen LogP contribution in [0.15, 0.2) is 54.6 Å². The normalized spacial score (nSPS) is 17.7. The summed E-state index contributed by atoms with van der Waals surface area (Å²) < 4.78 is 0. The number of rotatable bonds is 1. The van der Waals surface area contributed by atoms with E-state index in [0.29, 0.717) is 5.69 Å². The van der Waals surface area contributed by atoms with Crippen LogP contribution in [0, 0.1) is 0 Å². The van der Waals surface area contributed by atoms with E-state index in [4.69, 9.17) is 0 Å². The highest BCUT2D eigenvalue weighted by Crippen LogP contribution is 2.37. The number of carbonyl (C=O) groups excluding carboxylic acids is 2. The monoisotopic (exact) mass is 280 g/mol. The first-order valence-electron chi connectivity index (χ1n) is 6.90. The van der Waals surface area contributed by atoms with Gasteiger partial charge in [0.1, 0.15) is 0 Å². The molecule has 0 aromatic heterocycles. The topological polar surface area (TPSA) is 49.4 Å². The van der Waals surface area contributed by atoms with Gasteiger partial charge < -0.3 is 10.2 Å². The fourth-order valence-corrected chi connectivity index (χ4v) is 2.76. The first-order valence-corrected chi connectivity index (χ1v) is 6.90. The predicted octanol–water partition coefficient (Wildman–Crippen LogP) is 3.12. The van der Waals surface area contributed by atoms with Crippen LogP contribution in [0.3, 0.4) is 0 Å². The summed E-state index contributed by atoms with van der Waals surface area (Å²) in [6, 6.07) is 16.8. The molecule has 1 N–H and O–H groups in total. The van der Waals surface area contributed by atoms with Gasteiger partial charge in [0.25, 0.3) is 0 Å². The van der Waals surface area contributed by atoms with Crippen molar-refractivity contribution < 1.29 is 9.59 Å². The standard InChI is InChI=1S/C17H16N2O2/c1-12(20)19-15-10-6-5-9-14(15)18-17(21)11-16(19)13-7-3-2-4-8-13/h2-10,16H,11H2,1H3,(H,18,21)/t16-/m1/s1. The van der Waals surface area contributed by atoms with Gasteiger partial charge in [0.05, 0.1) is 23.8 Å². The van der Waals surface area contributed by atoms with Crippen LogP contribution in [0.1, 0.15) is 24.9 Å². The minimum Gasteiger partial charge on any atom is -0.324 e. The number of nitrogens with zero attached hydrogens (tertiary/aromatic N) is 1. The number of para-hydroxylation sites is 2. The molecule has 4 heteroatoms. The van der Waals surface area contributed by atoms with Crippen molar-refractivity contribution >= 4 is 23.2 Å². The van der Waals surface area contributed by atoms with Crippen molar-refractivity contribution in [2.24, 2.45) is 0 Å². The summed E-state index contributed by atoms with van der Waals surface area (Å²) in [4.78, 5) is 26.0. The zero-order valence-electron chi connectivity index (χ0n) is 11.7. The third kappa shape index (κ3) is 2.52. The second-order valence-electron chi connectivity index (χ2n) is 5.08. The summed E-state index contributed by atoms with van der Waals surface area (Å²) in [5.74, 6) is -0.159. The van der Waals surface area contributed by atoms with Crippen molar-refractivity contribution in [2.75, 3.05) is 10.2 Å². The molecule has 0 radical (unpaired) electrons. The summed E-state index contributed by atoms with van der Waals surface area (Å²) in [5.41, 5.74) is 2.38. The summed E-state index contributed by atoms with van der Waals surface area (Å²) in [5, 5.41) is 2.87. The van der Waals surface area contributed by atoms with Crippen molar-refractivity contribution in [1.82, 2.24) is 0 Å². The maximum atomic E-state index is 12.2. The van der Waals surface area contributed by atoms with Crippen LogP contribution in [0.2, 0.25) is 0 Å². The van der Waals surface area contributed by atoms with E-state index in [1.54, 1.807) is 4.90 Å². The molecule has 2 amide bonds. The minimum absolute atomic E-state index is 0.0761. The van der Waals surface area contributed by atoms with Gasteiger partial charge in [0.2, 0.25) is 11.8 Å². The number of nitrogens with one attached hydrogen (secondary N) is 1. The van der Waals surface area contributed by atoms with Gasteiger partial charge in [-0.15, -0.1) is 0 Å². The maximum absolute atomic E-state index is 12.2. The molecule has 0 fully saturated rings. The van der Waals surface area contributed by atoms with Crippen molar-refractivity contribution in [3.05, 3.63) is 60.2 Å². The van der Waals surface area contributed by atoms with Crippen molar-refractivity contribution in [3.8, 4) is 0 Å². The molecule has 0 saturated heterocycles. The van der Waals surface area contributed by atoms with E-state index in [-0.39, 0.29) is 24.3 Å². The molecule has 3 rings (SSSR count).